The van der Waals surface area contributed by atoms with Gasteiger partial charge in [0.15, 0.2) is 0 Å². The first kappa shape index (κ1) is 11.4. The van der Waals surface area contributed by atoms with Crippen LogP contribution in [0.4, 0.5) is 5.69 Å². The Morgan fingerprint density at radius 2 is 2.22 bits per heavy atom. The molecule has 3 heterocycles. The first-order valence-electron chi connectivity index (χ1n) is 5.90. The second-order valence-electron chi connectivity index (χ2n) is 5.13. The fraction of sp³-hybridized carbons (Fsp3) is 0.286. The van der Waals surface area contributed by atoms with Crippen LogP contribution in [0.2, 0.25) is 0 Å². The molecule has 2 aromatic rings. The van der Waals surface area contributed by atoms with Crippen molar-refractivity contribution in [3.8, 4) is 0 Å². The average Bonchev–Trinajstić information content (AvgIpc) is 2.93. The van der Waals surface area contributed by atoms with Crippen molar-refractivity contribution in [2.45, 2.75) is 19.3 Å². The molecule has 1 aliphatic heterocycles. The number of carbonyl (C=O) groups excluding carboxylic acids is 1. The first-order valence-corrected chi connectivity index (χ1v) is 6.78. The smallest absolute Gasteiger partial charge is 0.276 e. The lowest BCUT2D eigenvalue weighted by Crippen LogP contribution is -2.34. The quantitative estimate of drug-likeness (QED) is 0.787. The van der Waals surface area contributed by atoms with Gasteiger partial charge in [0.05, 0.1) is 5.69 Å². The van der Waals surface area contributed by atoms with Crippen LogP contribution in [0.3, 0.4) is 0 Å². The molecule has 4 heteroatoms. The van der Waals surface area contributed by atoms with Crippen molar-refractivity contribution in [3.63, 3.8) is 0 Å². The largest absolute Gasteiger partial charge is 0.305 e. The maximum Gasteiger partial charge on any atom is 0.276 e. The highest BCUT2D eigenvalue weighted by atomic mass is 32.1. The maximum absolute atomic E-state index is 12.5. The standard InChI is InChI=1S/C14H14N2OS/c1-14(2)9-16(11-6-8-18-12(11)14)13(17)10-5-3-4-7-15-10/h3-8H,9H2,1-2H3. The van der Waals surface area contributed by atoms with E-state index in [1.165, 1.54) is 4.88 Å². The second kappa shape index (κ2) is 3.92. The van der Waals surface area contributed by atoms with Gasteiger partial charge < -0.3 is 4.90 Å². The minimum Gasteiger partial charge on any atom is -0.305 e. The van der Waals surface area contributed by atoms with Gasteiger partial charge in [-0.15, -0.1) is 11.3 Å². The van der Waals surface area contributed by atoms with E-state index in [1.54, 1.807) is 23.6 Å². The van der Waals surface area contributed by atoms with Crippen molar-refractivity contribution in [1.29, 1.82) is 0 Å². The zero-order valence-electron chi connectivity index (χ0n) is 10.4. The number of pyridine rings is 1. The summed E-state index contributed by atoms with van der Waals surface area (Å²) in [4.78, 5) is 19.7. The Morgan fingerprint density at radius 3 is 2.94 bits per heavy atom. The van der Waals surface area contributed by atoms with E-state index in [1.807, 2.05) is 28.5 Å². The monoisotopic (exact) mass is 258 g/mol. The van der Waals surface area contributed by atoms with Crippen LogP contribution < -0.4 is 4.90 Å². The van der Waals surface area contributed by atoms with Crippen molar-refractivity contribution >= 4 is 22.9 Å². The number of fused-ring (bicyclic) bond motifs is 1. The summed E-state index contributed by atoms with van der Waals surface area (Å²) in [6.07, 6.45) is 1.66. The minimum atomic E-state index is -0.0131. The summed E-state index contributed by atoms with van der Waals surface area (Å²) in [7, 11) is 0. The van der Waals surface area contributed by atoms with Gasteiger partial charge >= 0.3 is 0 Å². The second-order valence-corrected chi connectivity index (χ2v) is 6.04. The van der Waals surface area contributed by atoms with Crippen molar-refractivity contribution < 1.29 is 4.79 Å². The van der Waals surface area contributed by atoms with E-state index in [9.17, 15) is 4.79 Å². The third kappa shape index (κ3) is 1.64. The van der Waals surface area contributed by atoms with Crippen molar-refractivity contribution in [2.24, 2.45) is 0 Å². The van der Waals surface area contributed by atoms with Gasteiger partial charge in [0.25, 0.3) is 5.91 Å². The van der Waals surface area contributed by atoms with E-state index in [0.717, 1.165) is 12.2 Å². The zero-order chi connectivity index (χ0) is 12.8. The van der Waals surface area contributed by atoms with Gasteiger partial charge in [0, 0.05) is 23.0 Å². The summed E-state index contributed by atoms with van der Waals surface area (Å²) >= 11 is 1.72. The Hall–Kier alpha value is -1.68. The predicted molar refractivity (Wildman–Crippen MR) is 73.3 cm³/mol. The minimum absolute atomic E-state index is 0.0131. The lowest BCUT2D eigenvalue weighted by Gasteiger charge is -2.20. The molecule has 2 aromatic heterocycles. The van der Waals surface area contributed by atoms with Crippen molar-refractivity contribution in [2.75, 3.05) is 11.4 Å². The number of anilines is 1. The summed E-state index contributed by atoms with van der Waals surface area (Å²) in [6.45, 7) is 5.08. The van der Waals surface area contributed by atoms with Gasteiger partial charge in [-0.05, 0) is 23.6 Å². The van der Waals surface area contributed by atoms with Gasteiger partial charge in [0.2, 0.25) is 0 Å². The number of aromatic nitrogens is 1. The molecule has 0 aliphatic carbocycles. The van der Waals surface area contributed by atoms with Gasteiger partial charge in [-0.3, -0.25) is 9.78 Å². The highest BCUT2D eigenvalue weighted by molar-refractivity contribution is 7.10. The summed E-state index contributed by atoms with van der Waals surface area (Å²) in [5.74, 6) is -0.0131. The van der Waals surface area contributed by atoms with Crippen LogP contribution in [0.25, 0.3) is 0 Å². The Morgan fingerprint density at radius 1 is 1.39 bits per heavy atom. The molecular weight excluding hydrogens is 244 g/mol. The molecule has 0 spiro atoms. The Bertz CT molecular complexity index is 589. The average molecular weight is 258 g/mol. The molecule has 0 fully saturated rings. The Balaban J connectivity index is 1.99. The molecule has 18 heavy (non-hydrogen) atoms. The van der Waals surface area contributed by atoms with Gasteiger partial charge in [-0.1, -0.05) is 19.9 Å². The number of thiophene rings is 1. The van der Waals surface area contributed by atoms with Gasteiger partial charge in [-0.25, -0.2) is 0 Å². The normalized spacial score (nSPS) is 16.7. The highest BCUT2D eigenvalue weighted by Crippen LogP contribution is 2.44. The third-order valence-corrected chi connectivity index (χ3v) is 4.50. The third-order valence-electron chi connectivity index (χ3n) is 3.23. The number of nitrogens with zero attached hydrogens (tertiary/aromatic N) is 2. The fourth-order valence-electron chi connectivity index (χ4n) is 2.38. The van der Waals surface area contributed by atoms with Crippen molar-refractivity contribution in [3.05, 3.63) is 46.4 Å². The molecule has 1 aliphatic rings. The van der Waals surface area contributed by atoms with Crippen LogP contribution in [-0.2, 0) is 5.41 Å². The number of hydrogen-bond donors (Lipinski definition) is 0. The van der Waals surface area contributed by atoms with Crippen LogP contribution in [-0.4, -0.2) is 17.4 Å². The first-order chi connectivity index (χ1) is 8.59. The van der Waals surface area contributed by atoms with Gasteiger partial charge in [0.1, 0.15) is 5.69 Å². The van der Waals surface area contributed by atoms with E-state index in [0.29, 0.717) is 5.69 Å². The van der Waals surface area contributed by atoms with Crippen LogP contribution in [0.15, 0.2) is 35.8 Å². The molecule has 0 radical (unpaired) electrons. The summed E-state index contributed by atoms with van der Waals surface area (Å²) in [5, 5.41) is 2.05. The fourth-order valence-corrected chi connectivity index (χ4v) is 3.40. The van der Waals surface area contributed by atoms with E-state index in [4.69, 9.17) is 0 Å². The highest BCUT2D eigenvalue weighted by Gasteiger charge is 2.39. The molecule has 0 aromatic carbocycles. The molecule has 92 valence electrons. The predicted octanol–water partition coefficient (Wildman–Crippen LogP) is 3.08. The van der Waals surface area contributed by atoms with Crippen LogP contribution >= 0.6 is 11.3 Å². The van der Waals surface area contributed by atoms with Crippen LogP contribution in [0.1, 0.15) is 29.2 Å². The molecule has 1 amide bonds. The summed E-state index contributed by atoms with van der Waals surface area (Å²) < 4.78 is 0. The number of amides is 1. The lowest BCUT2D eigenvalue weighted by molar-refractivity contribution is 0.0981. The summed E-state index contributed by atoms with van der Waals surface area (Å²) in [6, 6.07) is 7.45. The number of rotatable bonds is 1. The van der Waals surface area contributed by atoms with E-state index < -0.39 is 0 Å². The molecular formula is C14H14N2OS. The molecule has 0 atom stereocenters. The molecule has 0 saturated heterocycles. The van der Waals surface area contributed by atoms with E-state index >= 15 is 0 Å². The molecule has 0 unspecified atom stereocenters. The molecule has 0 N–H and O–H groups in total. The number of carbonyl (C=O) groups is 1. The summed E-state index contributed by atoms with van der Waals surface area (Å²) in [5.41, 5.74) is 1.58. The van der Waals surface area contributed by atoms with E-state index in [2.05, 4.69) is 18.8 Å². The number of hydrogen-bond acceptors (Lipinski definition) is 3. The van der Waals surface area contributed by atoms with Crippen LogP contribution in [0, 0.1) is 0 Å². The Labute approximate surface area is 110 Å². The Kier molecular flexibility index (Phi) is 2.48. The molecule has 3 rings (SSSR count). The zero-order valence-corrected chi connectivity index (χ0v) is 11.2. The topological polar surface area (TPSA) is 33.2 Å². The van der Waals surface area contributed by atoms with Gasteiger partial charge in [-0.2, -0.15) is 0 Å². The molecule has 3 nitrogen and oxygen atoms in total. The SMILES string of the molecule is CC1(C)CN(C(=O)c2ccccn2)c2ccsc21. The molecule has 0 saturated carbocycles. The van der Waals surface area contributed by atoms with Crippen LogP contribution in [0.5, 0.6) is 0 Å². The lowest BCUT2D eigenvalue weighted by atomic mass is 9.94. The van der Waals surface area contributed by atoms with E-state index in [-0.39, 0.29) is 11.3 Å². The molecule has 0 bridgehead atoms. The van der Waals surface area contributed by atoms with Crippen molar-refractivity contribution in [1.82, 2.24) is 4.98 Å². The maximum atomic E-state index is 12.5.